The standard InChI is InChI=1S/C18H32O4/c1-2-3-4-5-6-7-8-11-14-17(22-21)15-12-9-10-13-16-18(19)20/h9-10,13,16-17,21H,2-8,11-12,14-15H2,1H3,(H,19,20). The Morgan fingerprint density at radius 1 is 1.00 bits per heavy atom. The molecule has 22 heavy (non-hydrogen) atoms. The third-order valence-electron chi connectivity index (χ3n) is 3.67. The summed E-state index contributed by atoms with van der Waals surface area (Å²) in [7, 11) is 0. The fraction of sp³-hybridized carbons (Fsp3) is 0.722. The molecule has 0 heterocycles. The van der Waals surface area contributed by atoms with E-state index < -0.39 is 5.97 Å². The van der Waals surface area contributed by atoms with Gasteiger partial charge in [-0.05, 0) is 19.3 Å². The Kier molecular flexibility index (Phi) is 15.4. The summed E-state index contributed by atoms with van der Waals surface area (Å²) in [5.41, 5.74) is 0. The number of unbranched alkanes of at least 4 members (excludes halogenated alkanes) is 7. The Bertz CT molecular complexity index is 310. The molecule has 0 aromatic carbocycles. The number of hydrogen-bond donors (Lipinski definition) is 2. The quantitative estimate of drug-likeness (QED) is 0.141. The van der Waals surface area contributed by atoms with Crippen LogP contribution < -0.4 is 0 Å². The molecule has 1 atom stereocenters. The van der Waals surface area contributed by atoms with Gasteiger partial charge in [0, 0.05) is 6.08 Å². The molecule has 4 heteroatoms. The van der Waals surface area contributed by atoms with Gasteiger partial charge in [-0.2, -0.15) is 0 Å². The summed E-state index contributed by atoms with van der Waals surface area (Å²) in [6, 6.07) is 0. The number of carbonyl (C=O) groups is 1. The van der Waals surface area contributed by atoms with Gasteiger partial charge in [0.05, 0.1) is 6.10 Å². The van der Waals surface area contributed by atoms with Crippen LogP contribution in [0.2, 0.25) is 0 Å². The minimum Gasteiger partial charge on any atom is -0.478 e. The highest BCUT2D eigenvalue weighted by atomic mass is 17.1. The van der Waals surface area contributed by atoms with Crippen molar-refractivity contribution in [2.24, 2.45) is 0 Å². The van der Waals surface area contributed by atoms with Crippen LogP contribution >= 0.6 is 0 Å². The molecule has 2 N–H and O–H groups in total. The Balaban J connectivity index is 3.52. The van der Waals surface area contributed by atoms with Crippen LogP contribution in [0.5, 0.6) is 0 Å². The highest BCUT2D eigenvalue weighted by Gasteiger charge is 2.07. The highest BCUT2D eigenvalue weighted by Crippen LogP contribution is 2.14. The molecule has 0 aromatic heterocycles. The molecule has 0 rings (SSSR count). The van der Waals surface area contributed by atoms with Crippen molar-refractivity contribution in [3.63, 3.8) is 0 Å². The second-order valence-electron chi connectivity index (χ2n) is 5.69. The van der Waals surface area contributed by atoms with Crippen molar-refractivity contribution in [3.05, 3.63) is 24.3 Å². The maximum atomic E-state index is 10.3. The topological polar surface area (TPSA) is 66.8 Å². The molecule has 0 radical (unpaired) electrons. The number of allylic oxidation sites excluding steroid dienone is 3. The second-order valence-corrected chi connectivity index (χ2v) is 5.69. The summed E-state index contributed by atoms with van der Waals surface area (Å²) < 4.78 is 0. The first-order valence-corrected chi connectivity index (χ1v) is 8.57. The van der Waals surface area contributed by atoms with Crippen LogP contribution in [-0.2, 0) is 9.68 Å². The average molecular weight is 312 g/mol. The van der Waals surface area contributed by atoms with Crippen molar-refractivity contribution in [2.75, 3.05) is 0 Å². The first-order valence-electron chi connectivity index (χ1n) is 8.57. The second kappa shape index (κ2) is 16.2. The minimum atomic E-state index is -0.948. The molecule has 0 aliphatic carbocycles. The van der Waals surface area contributed by atoms with E-state index in [2.05, 4.69) is 11.8 Å². The Morgan fingerprint density at radius 3 is 2.23 bits per heavy atom. The van der Waals surface area contributed by atoms with Gasteiger partial charge in [0.25, 0.3) is 0 Å². The zero-order valence-corrected chi connectivity index (χ0v) is 13.9. The summed E-state index contributed by atoms with van der Waals surface area (Å²) in [6.07, 6.45) is 18.6. The zero-order valence-electron chi connectivity index (χ0n) is 13.9. The summed E-state index contributed by atoms with van der Waals surface area (Å²) in [5, 5.41) is 17.3. The van der Waals surface area contributed by atoms with Crippen molar-refractivity contribution in [2.45, 2.75) is 83.7 Å². The van der Waals surface area contributed by atoms with Gasteiger partial charge in [-0.3, -0.25) is 5.26 Å². The summed E-state index contributed by atoms with van der Waals surface area (Å²) in [6.45, 7) is 2.23. The largest absolute Gasteiger partial charge is 0.478 e. The molecule has 0 saturated heterocycles. The lowest BCUT2D eigenvalue weighted by Crippen LogP contribution is -2.10. The summed E-state index contributed by atoms with van der Waals surface area (Å²) in [4.78, 5) is 14.8. The number of rotatable bonds is 15. The average Bonchev–Trinajstić information content (AvgIpc) is 2.50. The van der Waals surface area contributed by atoms with Crippen LogP contribution in [0.1, 0.15) is 77.6 Å². The number of carboxylic acids is 1. The van der Waals surface area contributed by atoms with Gasteiger partial charge in [0.1, 0.15) is 0 Å². The molecule has 0 spiro atoms. The molecular formula is C18H32O4. The lowest BCUT2D eigenvalue weighted by atomic mass is 10.0. The predicted molar refractivity (Wildman–Crippen MR) is 89.9 cm³/mol. The van der Waals surface area contributed by atoms with Crippen LogP contribution in [0.4, 0.5) is 0 Å². The van der Waals surface area contributed by atoms with Gasteiger partial charge in [0.2, 0.25) is 0 Å². The van der Waals surface area contributed by atoms with E-state index in [9.17, 15) is 4.79 Å². The van der Waals surface area contributed by atoms with Crippen molar-refractivity contribution < 1.29 is 20.0 Å². The van der Waals surface area contributed by atoms with Crippen LogP contribution in [0.3, 0.4) is 0 Å². The first-order chi connectivity index (χ1) is 10.7. The maximum Gasteiger partial charge on any atom is 0.328 e. The van der Waals surface area contributed by atoms with Gasteiger partial charge >= 0.3 is 5.97 Å². The molecule has 0 amide bonds. The van der Waals surface area contributed by atoms with E-state index in [1.165, 1.54) is 51.0 Å². The van der Waals surface area contributed by atoms with Crippen LogP contribution in [-0.4, -0.2) is 22.4 Å². The fourth-order valence-electron chi connectivity index (χ4n) is 2.35. The summed E-state index contributed by atoms with van der Waals surface area (Å²) >= 11 is 0. The Labute approximate surface area is 134 Å². The van der Waals surface area contributed by atoms with Gasteiger partial charge in [0.15, 0.2) is 0 Å². The van der Waals surface area contributed by atoms with E-state index in [0.29, 0.717) is 0 Å². The highest BCUT2D eigenvalue weighted by molar-refractivity contribution is 5.80. The van der Waals surface area contributed by atoms with Crippen molar-refractivity contribution in [1.29, 1.82) is 0 Å². The van der Waals surface area contributed by atoms with E-state index in [0.717, 1.165) is 31.8 Å². The fourth-order valence-corrected chi connectivity index (χ4v) is 2.35. The Morgan fingerprint density at radius 2 is 1.64 bits per heavy atom. The normalized spacial score (nSPS) is 13.2. The number of hydrogen-bond acceptors (Lipinski definition) is 3. The smallest absolute Gasteiger partial charge is 0.328 e. The van der Waals surface area contributed by atoms with E-state index in [4.69, 9.17) is 10.4 Å². The zero-order chi connectivity index (χ0) is 16.5. The number of aliphatic carboxylic acids is 1. The van der Waals surface area contributed by atoms with Crippen LogP contribution in [0, 0.1) is 0 Å². The number of carboxylic acid groups (broad SMARTS) is 1. The van der Waals surface area contributed by atoms with E-state index in [-0.39, 0.29) is 6.10 Å². The molecule has 0 saturated carbocycles. The molecule has 1 unspecified atom stereocenters. The van der Waals surface area contributed by atoms with Crippen molar-refractivity contribution in [3.8, 4) is 0 Å². The molecule has 0 aliphatic rings. The minimum absolute atomic E-state index is 0.117. The maximum absolute atomic E-state index is 10.3. The SMILES string of the molecule is CCCCCCCCCCC(CCC=CC=CC(=O)O)OO. The van der Waals surface area contributed by atoms with Crippen molar-refractivity contribution in [1.82, 2.24) is 0 Å². The Hall–Kier alpha value is -1.13. The third-order valence-corrected chi connectivity index (χ3v) is 3.67. The molecular weight excluding hydrogens is 280 g/mol. The molecule has 4 nitrogen and oxygen atoms in total. The van der Waals surface area contributed by atoms with Gasteiger partial charge in [-0.1, -0.05) is 76.5 Å². The van der Waals surface area contributed by atoms with E-state index in [1.807, 2.05) is 6.08 Å². The van der Waals surface area contributed by atoms with E-state index >= 15 is 0 Å². The van der Waals surface area contributed by atoms with E-state index in [1.54, 1.807) is 6.08 Å². The van der Waals surface area contributed by atoms with Crippen molar-refractivity contribution >= 4 is 5.97 Å². The monoisotopic (exact) mass is 312 g/mol. The molecule has 0 fully saturated rings. The molecule has 0 aromatic rings. The van der Waals surface area contributed by atoms with Crippen LogP contribution in [0.15, 0.2) is 24.3 Å². The molecule has 128 valence electrons. The lowest BCUT2D eigenvalue weighted by molar-refractivity contribution is -0.281. The molecule has 0 aliphatic heterocycles. The van der Waals surface area contributed by atoms with Gasteiger partial charge < -0.3 is 5.11 Å². The molecule has 0 bridgehead atoms. The third kappa shape index (κ3) is 15.3. The van der Waals surface area contributed by atoms with Crippen LogP contribution in [0.25, 0.3) is 0 Å². The first kappa shape index (κ1) is 20.9. The summed E-state index contributed by atoms with van der Waals surface area (Å²) in [5.74, 6) is -0.948. The van der Waals surface area contributed by atoms with Gasteiger partial charge in [-0.25, -0.2) is 9.68 Å². The predicted octanol–water partition coefficient (Wildman–Crippen LogP) is 5.35. The lowest BCUT2D eigenvalue weighted by Gasteiger charge is -2.11. The van der Waals surface area contributed by atoms with Gasteiger partial charge in [-0.15, -0.1) is 0 Å².